The average Bonchev–Trinajstić information content (AvgIpc) is 3.56. The number of anilines is 1. The second-order valence-corrected chi connectivity index (χ2v) is 11.4. The first kappa shape index (κ1) is 26.1. The van der Waals surface area contributed by atoms with Gasteiger partial charge in [0.05, 0.1) is 6.42 Å². The van der Waals surface area contributed by atoms with E-state index in [0.717, 1.165) is 52.7 Å². The molecule has 0 aliphatic carbocycles. The van der Waals surface area contributed by atoms with E-state index in [9.17, 15) is 9.59 Å². The molecule has 2 aliphatic rings. The van der Waals surface area contributed by atoms with Gasteiger partial charge in [-0.15, -0.1) is 11.3 Å². The van der Waals surface area contributed by atoms with Gasteiger partial charge in [0.15, 0.2) is 11.5 Å². The van der Waals surface area contributed by atoms with Crippen molar-refractivity contribution in [1.29, 1.82) is 0 Å². The number of carbonyl (C=O) groups is 2. The van der Waals surface area contributed by atoms with Crippen molar-refractivity contribution in [3.05, 3.63) is 65.0 Å². The normalized spacial score (nSPS) is 15.4. The summed E-state index contributed by atoms with van der Waals surface area (Å²) < 4.78 is 16.3. The van der Waals surface area contributed by atoms with Gasteiger partial charge in [-0.3, -0.25) is 15.0 Å². The molecule has 1 fully saturated rings. The lowest BCUT2D eigenvalue weighted by atomic mass is 10.0. The zero-order valence-electron chi connectivity index (χ0n) is 22.0. The third kappa shape index (κ3) is 6.46. The van der Waals surface area contributed by atoms with E-state index >= 15 is 0 Å². The predicted molar refractivity (Wildman–Crippen MR) is 148 cm³/mol. The molecule has 0 atom stereocenters. The number of nitrogens with one attached hydrogen (secondary N) is 1. The Morgan fingerprint density at radius 3 is 2.53 bits per heavy atom. The lowest BCUT2D eigenvalue weighted by molar-refractivity contribution is -0.132. The summed E-state index contributed by atoms with van der Waals surface area (Å²) in [4.78, 5) is 31.2. The van der Waals surface area contributed by atoms with Gasteiger partial charge in [0.1, 0.15) is 5.60 Å². The Labute approximate surface area is 227 Å². The highest BCUT2D eigenvalue weighted by molar-refractivity contribution is 7.13. The Bertz CT molecular complexity index is 1290. The van der Waals surface area contributed by atoms with Crippen LogP contribution in [-0.2, 0) is 22.5 Å². The monoisotopic (exact) mass is 535 g/mol. The molecule has 3 heterocycles. The van der Waals surface area contributed by atoms with Gasteiger partial charge in [0.2, 0.25) is 12.7 Å². The van der Waals surface area contributed by atoms with Crippen LogP contribution in [0.2, 0.25) is 0 Å². The number of hydrogen-bond acceptors (Lipinski definition) is 7. The van der Waals surface area contributed by atoms with Crippen molar-refractivity contribution in [2.45, 2.75) is 39.3 Å². The second-order valence-electron chi connectivity index (χ2n) is 10.5. The van der Waals surface area contributed by atoms with Gasteiger partial charge in [0.25, 0.3) is 0 Å². The smallest absolute Gasteiger partial charge is 0.412 e. The van der Waals surface area contributed by atoms with Gasteiger partial charge in [-0.25, -0.2) is 4.79 Å². The molecular formula is C29H33N3O5S. The number of amides is 2. The van der Waals surface area contributed by atoms with Crippen LogP contribution in [0.5, 0.6) is 11.5 Å². The zero-order chi connectivity index (χ0) is 26.7. The van der Waals surface area contributed by atoms with Gasteiger partial charge in [-0.2, -0.15) is 0 Å². The minimum absolute atomic E-state index is 0.0447. The maximum absolute atomic E-state index is 13.4. The van der Waals surface area contributed by atoms with E-state index in [2.05, 4.69) is 16.3 Å². The number of fused-ring (bicyclic) bond motifs is 1. The number of hydrogen-bond donors (Lipinski definition) is 1. The van der Waals surface area contributed by atoms with Gasteiger partial charge in [0, 0.05) is 43.3 Å². The van der Waals surface area contributed by atoms with E-state index in [1.807, 2.05) is 73.5 Å². The number of ether oxygens (including phenoxy) is 3. The minimum atomic E-state index is -0.614. The van der Waals surface area contributed by atoms with Crippen molar-refractivity contribution in [3.8, 4) is 21.9 Å². The topological polar surface area (TPSA) is 80.3 Å². The number of carbonyl (C=O) groups excluding carboxylic acids is 2. The van der Waals surface area contributed by atoms with Crippen LogP contribution < -0.4 is 14.8 Å². The van der Waals surface area contributed by atoms with E-state index in [4.69, 9.17) is 14.2 Å². The molecule has 2 aromatic carbocycles. The molecule has 2 amide bonds. The summed E-state index contributed by atoms with van der Waals surface area (Å²) in [5.41, 5.74) is 2.93. The maximum atomic E-state index is 13.4. The molecule has 0 unspecified atom stereocenters. The third-order valence-corrected chi connectivity index (χ3v) is 7.38. The first-order valence-corrected chi connectivity index (χ1v) is 13.7. The predicted octanol–water partition coefficient (Wildman–Crippen LogP) is 5.38. The Morgan fingerprint density at radius 1 is 1.00 bits per heavy atom. The summed E-state index contributed by atoms with van der Waals surface area (Å²) in [6.07, 6.45) is -0.334. The van der Waals surface area contributed by atoms with Crippen LogP contribution >= 0.6 is 11.3 Å². The lowest BCUT2D eigenvalue weighted by Crippen LogP contribution is -2.48. The summed E-state index contributed by atoms with van der Waals surface area (Å²) in [7, 11) is 0. The quantitative estimate of drug-likeness (QED) is 0.457. The Morgan fingerprint density at radius 2 is 1.79 bits per heavy atom. The standard InChI is InChI=1S/C29H33N3O5S/c1-29(2,3)37-28(34)30-23-8-7-21(26-5-4-14-38-26)16-22(23)17-27(33)32-12-10-31(11-13-32)18-20-6-9-24-25(15-20)36-19-35-24/h4-9,14-16H,10-13,17-19H2,1-3H3,(H,30,34). The summed E-state index contributed by atoms with van der Waals surface area (Å²) in [5.74, 6) is 1.62. The summed E-state index contributed by atoms with van der Waals surface area (Å²) >= 11 is 1.64. The molecule has 8 nitrogen and oxygen atoms in total. The molecule has 3 aromatic rings. The van der Waals surface area contributed by atoms with Crippen LogP contribution in [0.1, 0.15) is 31.9 Å². The summed E-state index contributed by atoms with van der Waals surface area (Å²) in [5, 5.41) is 4.87. The van der Waals surface area contributed by atoms with Crippen LogP contribution in [-0.4, -0.2) is 60.4 Å². The fourth-order valence-corrected chi connectivity index (χ4v) is 5.32. The number of thiophene rings is 1. The highest BCUT2D eigenvalue weighted by Crippen LogP contribution is 2.33. The molecule has 2 aliphatic heterocycles. The van der Waals surface area contributed by atoms with E-state index in [1.54, 1.807) is 11.3 Å². The highest BCUT2D eigenvalue weighted by Gasteiger charge is 2.24. The molecule has 38 heavy (non-hydrogen) atoms. The van der Waals surface area contributed by atoms with Crippen LogP contribution in [0.3, 0.4) is 0 Å². The van der Waals surface area contributed by atoms with Crippen molar-refractivity contribution in [2.75, 3.05) is 38.3 Å². The van der Waals surface area contributed by atoms with Gasteiger partial charge in [-0.05, 0) is 73.2 Å². The maximum Gasteiger partial charge on any atom is 0.412 e. The largest absolute Gasteiger partial charge is 0.454 e. The Balaban J connectivity index is 1.23. The number of benzene rings is 2. The molecule has 1 saturated heterocycles. The number of nitrogens with zero attached hydrogens (tertiary/aromatic N) is 2. The zero-order valence-corrected chi connectivity index (χ0v) is 22.8. The van der Waals surface area contributed by atoms with Gasteiger partial charge >= 0.3 is 6.09 Å². The molecule has 5 rings (SSSR count). The van der Waals surface area contributed by atoms with E-state index < -0.39 is 11.7 Å². The van der Waals surface area contributed by atoms with Crippen LogP contribution in [0, 0.1) is 0 Å². The van der Waals surface area contributed by atoms with Crippen molar-refractivity contribution in [2.24, 2.45) is 0 Å². The first-order valence-electron chi connectivity index (χ1n) is 12.8. The van der Waals surface area contributed by atoms with Crippen molar-refractivity contribution < 1.29 is 23.8 Å². The fraction of sp³-hybridized carbons (Fsp3) is 0.379. The fourth-order valence-electron chi connectivity index (χ4n) is 4.60. The molecule has 1 N–H and O–H groups in total. The van der Waals surface area contributed by atoms with Crippen molar-refractivity contribution in [1.82, 2.24) is 9.80 Å². The van der Waals surface area contributed by atoms with Crippen LogP contribution in [0.4, 0.5) is 10.5 Å². The minimum Gasteiger partial charge on any atom is -0.454 e. The van der Waals surface area contributed by atoms with Crippen LogP contribution in [0.25, 0.3) is 10.4 Å². The number of piperazine rings is 1. The van der Waals surface area contributed by atoms with Crippen molar-refractivity contribution in [3.63, 3.8) is 0 Å². The molecule has 0 saturated carbocycles. The average molecular weight is 536 g/mol. The van der Waals surface area contributed by atoms with E-state index in [-0.39, 0.29) is 19.1 Å². The second kappa shape index (κ2) is 11.0. The lowest BCUT2D eigenvalue weighted by Gasteiger charge is -2.35. The van der Waals surface area contributed by atoms with E-state index in [0.29, 0.717) is 18.8 Å². The SMILES string of the molecule is CC(C)(C)OC(=O)Nc1ccc(-c2cccs2)cc1CC(=O)N1CCN(Cc2ccc3c(c2)OCO3)CC1. The molecule has 0 radical (unpaired) electrons. The van der Waals surface area contributed by atoms with Gasteiger partial charge in [-0.1, -0.05) is 18.2 Å². The van der Waals surface area contributed by atoms with Gasteiger partial charge < -0.3 is 19.1 Å². The summed E-state index contributed by atoms with van der Waals surface area (Å²) in [6.45, 7) is 9.42. The molecular weight excluding hydrogens is 502 g/mol. The number of rotatable bonds is 6. The Hall–Kier alpha value is -3.56. The van der Waals surface area contributed by atoms with Crippen LogP contribution in [0.15, 0.2) is 53.9 Å². The first-order chi connectivity index (χ1) is 18.2. The van der Waals surface area contributed by atoms with E-state index in [1.165, 1.54) is 0 Å². The molecule has 9 heteroatoms. The highest BCUT2D eigenvalue weighted by atomic mass is 32.1. The summed E-state index contributed by atoms with van der Waals surface area (Å²) in [6, 6.07) is 15.9. The third-order valence-electron chi connectivity index (χ3n) is 6.46. The molecule has 0 spiro atoms. The Kier molecular flexibility index (Phi) is 7.58. The molecule has 1 aromatic heterocycles. The van der Waals surface area contributed by atoms with Crippen molar-refractivity contribution >= 4 is 29.0 Å². The molecule has 0 bridgehead atoms. The molecule has 200 valence electrons.